The highest BCUT2D eigenvalue weighted by atomic mass is 19.1. The summed E-state index contributed by atoms with van der Waals surface area (Å²) in [5.74, 6) is -0.712. The second kappa shape index (κ2) is 8.03. The van der Waals surface area contributed by atoms with Crippen LogP contribution in [0.25, 0.3) is 0 Å². The topological polar surface area (TPSA) is 65.1 Å². The normalized spacial score (nSPS) is 23.0. The molecule has 1 aliphatic rings. The molecule has 0 spiro atoms. The number of halogens is 1. The van der Waals surface area contributed by atoms with Crippen molar-refractivity contribution in [3.63, 3.8) is 0 Å². The number of likely N-dealkylation sites (tertiary alicyclic amines) is 1. The SMILES string of the molecule is COC(=O)C1(COCc2ccccc2)C[C@@H](F)CN1C(=O)OC(C)(C)C. The van der Waals surface area contributed by atoms with Gasteiger partial charge in [0.15, 0.2) is 5.54 Å². The first kappa shape index (κ1) is 20.2. The average Bonchev–Trinajstić information content (AvgIpc) is 2.91. The predicted octanol–water partition coefficient (Wildman–Crippen LogP) is 3.09. The Kier molecular flexibility index (Phi) is 6.23. The molecule has 0 bridgehead atoms. The van der Waals surface area contributed by atoms with E-state index in [1.165, 1.54) is 7.11 Å². The number of methoxy groups -OCH3 is 1. The molecule has 2 atom stereocenters. The summed E-state index contributed by atoms with van der Waals surface area (Å²) >= 11 is 0. The summed E-state index contributed by atoms with van der Waals surface area (Å²) in [6, 6.07) is 9.38. The largest absolute Gasteiger partial charge is 0.467 e. The van der Waals surface area contributed by atoms with Gasteiger partial charge in [-0.05, 0) is 26.3 Å². The molecule has 1 fully saturated rings. The van der Waals surface area contributed by atoms with Gasteiger partial charge in [0.2, 0.25) is 0 Å². The second-order valence-electron chi connectivity index (χ2n) is 7.39. The Labute approximate surface area is 153 Å². The van der Waals surface area contributed by atoms with Crippen molar-refractivity contribution in [1.82, 2.24) is 4.90 Å². The molecule has 1 aromatic rings. The number of benzene rings is 1. The third kappa shape index (κ3) is 4.72. The number of ether oxygens (including phenoxy) is 3. The van der Waals surface area contributed by atoms with E-state index in [2.05, 4.69) is 0 Å². The Morgan fingerprint density at radius 1 is 1.27 bits per heavy atom. The molecule has 1 aliphatic heterocycles. The molecule has 2 rings (SSSR count). The number of carbonyl (C=O) groups is 2. The summed E-state index contributed by atoms with van der Waals surface area (Å²) in [4.78, 5) is 26.1. The van der Waals surface area contributed by atoms with Crippen molar-refractivity contribution in [3.05, 3.63) is 35.9 Å². The lowest BCUT2D eigenvalue weighted by molar-refractivity contribution is -0.157. The van der Waals surface area contributed by atoms with Crippen LogP contribution < -0.4 is 0 Å². The lowest BCUT2D eigenvalue weighted by Gasteiger charge is -2.36. The monoisotopic (exact) mass is 367 g/mol. The van der Waals surface area contributed by atoms with E-state index in [0.717, 1.165) is 10.5 Å². The lowest BCUT2D eigenvalue weighted by Crippen LogP contribution is -2.57. The molecular weight excluding hydrogens is 341 g/mol. The van der Waals surface area contributed by atoms with E-state index >= 15 is 0 Å². The Morgan fingerprint density at radius 3 is 2.50 bits per heavy atom. The maximum atomic E-state index is 14.2. The van der Waals surface area contributed by atoms with Gasteiger partial charge in [-0.1, -0.05) is 30.3 Å². The molecule has 26 heavy (non-hydrogen) atoms. The molecule has 1 unspecified atom stereocenters. The van der Waals surface area contributed by atoms with E-state index in [1.807, 2.05) is 30.3 Å². The lowest BCUT2D eigenvalue weighted by atomic mass is 9.97. The zero-order chi connectivity index (χ0) is 19.4. The van der Waals surface area contributed by atoms with Crippen molar-refractivity contribution in [2.75, 3.05) is 20.3 Å². The van der Waals surface area contributed by atoms with E-state index < -0.39 is 29.4 Å². The van der Waals surface area contributed by atoms with Crippen molar-refractivity contribution >= 4 is 12.1 Å². The van der Waals surface area contributed by atoms with Crippen LogP contribution in [0.4, 0.5) is 9.18 Å². The number of hydrogen-bond donors (Lipinski definition) is 0. The van der Waals surface area contributed by atoms with Crippen LogP contribution >= 0.6 is 0 Å². The first-order valence-corrected chi connectivity index (χ1v) is 8.53. The second-order valence-corrected chi connectivity index (χ2v) is 7.39. The van der Waals surface area contributed by atoms with Crippen molar-refractivity contribution in [2.45, 2.75) is 51.1 Å². The Hall–Kier alpha value is -2.15. The molecule has 6 nitrogen and oxygen atoms in total. The van der Waals surface area contributed by atoms with Gasteiger partial charge in [0, 0.05) is 6.42 Å². The van der Waals surface area contributed by atoms with Gasteiger partial charge < -0.3 is 14.2 Å². The zero-order valence-corrected chi connectivity index (χ0v) is 15.7. The summed E-state index contributed by atoms with van der Waals surface area (Å²) in [6.45, 7) is 4.95. The first-order valence-electron chi connectivity index (χ1n) is 8.53. The number of amides is 1. The van der Waals surface area contributed by atoms with Crippen LogP contribution in [-0.2, 0) is 25.6 Å². The van der Waals surface area contributed by atoms with Gasteiger partial charge in [-0.15, -0.1) is 0 Å². The molecule has 1 heterocycles. The van der Waals surface area contributed by atoms with Crippen LogP contribution in [0, 0.1) is 0 Å². The number of hydrogen-bond acceptors (Lipinski definition) is 5. The molecule has 0 N–H and O–H groups in total. The van der Waals surface area contributed by atoms with Crippen LogP contribution in [0.5, 0.6) is 0 Å². The van der Waals surface area contributed by atoms with Gasteiger partial charge in [0.25, 0.3) is 0 Å². The number of alkyl halides is 1. The molecule has 1 saturated heterocycles. The van der Waals surface area contributed by atoms with E-state index in [-0.39, 0.29) is 26.2 Å². The number of nitrogens with zero attached hydrogens (tertiary/aromatic N) is 1. The molecule has 0 radical (unpaired) electrons. The summed E-state index contributed by atoms with van der Waals surface area (Å²) in [6.07, 6.45) is -2.30. The standard InChI is InChI=1S/C19H26FNO5/c1-18(2,3)26-17(23)21-11-15(20)10-19(21,16(22)24-4)13-25-12-14-8-6-5-7-9-14/h5-9,15H,10-13H2,1-4H3/t15-,19?/m1/s1. The van der Waals surface area contributed by atoms with Gasteiger partial charge in [-0.3, -0.25) is 4.90 Å². The van der Waals surface area contributed by atoms with E-state index in [1.54, 1.807) is 20.8 Å². The van der Waals surface area contributed by atoms with Crippen LogP contribution in [0.2, 0.25) is 0 Å². The summed E-state index contributed by atoms with van der Waals surface area (Å²) in [7, 11) is 1.21. The molecule has 7 heteroatoms. The quantitative estimate of drug-likeness (QED) is 0.748. The molecule has 1 aromatic carbocycles. The Bertz CT molecular complexity index is 631. The van der Waals surface area contributed by atoms with Crippen molar-refractivity contribution in [3.8, 4) is 0 Å². The fourth-order valence-corrected chi connectivity index (χ4v) is 2.97. The van der Waals surface area contributed by atoms with Gasteiger partial charge in [0.05, 0.1) is 26.9 Å². The predicted molar refractivity (Wildman–Crippen MR) is 93.3 cm³/mol. The van der Waals surface area contributed by atoms with Crippen molar-refractivity contribution in [2.24, 2.45) is 0 Å². The van der Waals surface area contributed by atoms with E-state index in [9.17, 15) is 14.0 Å². The van der Waals surface area contributed by atoms with Crippen LogP contribution in [-0.4, -0.2) is 54.5 Å². The highest BCUT2D eigenvalue weighted by Gasteiger charge is 2.56. The molecule has 1 amide bonds. The van der Waals surface area contributed by atoms with E-state index in [4.69, 9.17) is 14.2 Å². The third-order valence-corrected chi connectivity index (χ3v) is 4.09. The number of rotatable bonds is 5. The zero-order valence-electron chi connectivity index (χ0n) is 15.7. The van der Waals surface area contributed by atoms with Crippen LogP contribution in [0.1, 0.15) is 32.8 Å². The number of esters is 1. The number of carbonyl (C=O) groups excluding carboxylic acids is 2. The summed E-state index contributed by atoms with van der Waals surface area (Å²) in [5.41, 5.74) is -1.39. The first-order chi connectivity index (χ1) is 12.2. The summed E-state index contributed by atoms with van der Waals surface area (Å²) < 4.78 is 30.1. The van der Waals surface area contributed by atoms with Gasteiger partial charge in [-0.2, -0.15) is 0 Å². The smallest absolute Gasteiger partial charge is 0.411 e. The average molecular weight is 367 g/mol. The molecular formula is C19H26FNO5. The van der Waals surface area contributed by atoms with Crippen molar-refractivity contribution in [1.29, 1.82) is 0 Å². The van der Waals surface area contributed by atoms with Crippen LogP contribution in [0.3, 0.4) is 0 Å². The van der Waals surface area contributed by atoms with Crippen molar-refractivity contribution < 1.29 is 28.2 Å². The maximum absolute atomic E-state index is 14.2. The fraction of sp³-hybridized carbons (Fsp3) is 0.579. The minimum atomic E-state index is -1.54. The highest BCUT2D eigenvalue weighted by Crippen LogP contribution is 2.34. The highest BCUT2D eigenvalue weighted by molar-refractivity contribution is 5.87. The minimum absolute atomic E-state index is 0.172. The van der Waals surface area contributed by atoms with Gasteiger partial charge in [-0.25, -0.2) is 14.0 Å². The molecule has 144 valence electrons. The molecule has 0 aliphatic carbocycles. The van der Waals surface area contributed by atoms with E-state index in [0.29, 0.717) is 0 Å². The Morgan fingerprint density at radius 2 is 1.92 bits per heavy atom. The third-order valence-electron chi connectivity index (χ3n) is 4.09. The Balaban J connectivity index is 2.18. The minimum Gasteiger partial charge on any atom is -0.467 e. The molecule has 0 aromatic heterocycles. The van der Waals surface area contributed by atoms with Gasteiger partial charge in [0.1, 0.15) is 11.8 Å². The molecule has 0 saturated carbocycles. The maximum Gasteiger partial charge on any atom is 0.411 e. The fourth-order valence-electron chi connectivity index (χ4n) is 2.97. The summed E-state index contributed by atoms with van der Waals surface area (Å²) in [5, 5.41) is 0. The van der Waals surface area contributed by atoms with Crippen LogP contribution in [0.15, 0.2) is 30.3 Å². The van der Waals surface area contributed by atoms with Gasteiger partial charge >= 0.3 is 12.1 Å².